The summed E-state index contributed by atoms with van der Waals surface area (Å²) in [6, 6.07) is 8.32. The van der Waals surface area contributed by atoms with E-state index in [-0.39, 0.29) is 0 Å². The second-order valence-electron chi connectivity index (χ2n) is 5.33. The first-order valence-corrected chi connectivity index (χ1v) is 7.22. The summed E-state index contributed by atoms with van der Waals surface area (Å²) in [5.41, 5.74) is 4.33. The van der Waals surface area contributed by atoms with Crippen LogP contribution in [0, 0.1) is 6.07 Å². The molecule has 95 valence electrons. The highest BCUT2D eigenvalue weighted by Crippen LogP contribution is 2.20. The number of aryl methyl sites for hydroxylation is 2. The summed E-state index contributed by atoms with van der Waals surface area (Å²) in [6.07, 6.45) is 7.48. The third-order valence-corrected chi connectivity index (χ3v) is 3.27. The largest absolute Gasteiger partial charge is 0.0654 e. The number of hydrogen-bond acceptors (Lipinski definition) is 0. The lowest BCUT2D eigenvalue weighted by atomic mass is 9.94. The highest BCUT2D eigenvalue weighted by Gasteiger charge is 2.05. The molecule has 17 heavy (non-hydrogen) atoms. The SMILES string of the molecule is CCCCc1[c]c(CCCC)cc(C(C)C)c1. The molecule has 0 spiro atoms. The number of hydrogen-bond donors (Lipinski definition) is 0. The van der Waals surface area contributed by atoms with Crippen LogP contribution in [0.2, 0.25) is 0 Å². The van der Waals surface area contributed by atoms with Gasteiger partial charge in [0.25, 0.3) is 0 Å². The summed E-state index contributed by atoms with van der Waals surface area (Å²) in [4.78, 5) is 0. The third-order valence-electron chi connectivity index (χ3n) is 3.27. The maximum atomic E-state index is 3.61. The Morgan fingerprint density at radius 2 is 1.41 bits per heavy atom. The zero-order valence-corrected chi connectivity index (χ0v) is 12.0. The molecule has 0 unspecified atom stereocenters. The Morgan fingerprint density at radius 1 is 0.941 bits per heavy atom. The summed E-state index contributed by atoms with van der Waals surface area (Å²) >= 11 is 0. The first kappa shape index (κ1) is 14.3. The van der Waals surface area contributed by atoms with Crippen LogP contribution in [0.15, 0.2) is 12.1 Å². The van der Waals surface area contributed by atoms with Crippen LogP contribution in [0.3, 0.4) is 0 Å². The van der Waals surface area contributed by atoms with Gasteiger partial charge in [0.05, 0.1) is 0 Å². The van der Waals surface area contributed by atoms with Crippen LogP contribution in [-0.2, 0) is 12.8 Å². The Balaban J connectivity index is 2.84. The minimum absolute atomic E-state index is 0.630. The van der Waals surface area contributed by atoms with Crippen molar-refractivity contribution in [3.63, 3.8) is 0 Å². The van der Waals surface area contributed by atoms with Gasteiger partial charge in [-0.1, -0.05) is 52.7 Å². The van der Waals surface area contributed by atoms with Gasteiger partial charge in [0.1, 0.15) is 0 Å². The zero-order valence-electron chi connectivity index (χ0n) is 12.0. The van der Waals surface area contributed by atoms with Crippen molar-refractivity contribution in [2.45, 2.75) is 72.1 Å². The predicted molar refractivity (Wildman–Crippen MR) is 76.6 cm³/mol. The number of rotatable bonds is 7. The van der Waals surface area contributed by atoms with Gasteiger partial charge in [-0.25, -0.2) is 0 Å². The van der Waals surface area contributed by atoms with Crippen molar-refractivity contribution in [2.24, 2.45) is 0 Å². The van der Waals surface area contributed by atoms with Crippen molar-refractivity contribution in [3.8, 4) is 0 Å². The topological polar surface area (TPSA) is 0 Å². The first-order valence-electron chi connectivity index (χ1n) is 7.22. The number of unbranched alkanes of at least 4 members (excludes halogenated alkanes) is 2. The molecule has 0 heterocycles. The minimum Gasteiger partial charge on any atom is -0.0654 e. The van der Waals surface area contributed by atoms with Gasteiger partial charge in [0.2, 0.25) is 0 Å². The Labute approximate surface area is 107 Å². The lowest BCUT2D eigenvalue weighted by molar-refractivity contribution is 0.770. The van der Waals surface area contributed by atoms with E-state index in [9.17, 15) is 0 Å². The molecule has 1 aromatic rings. The minimum atomic E-state index is 0.630. The van der Waals surface area contributed by atoms with Crippen molar-refractivity contribution in [1.82, 2.24) is 0 Å². The van der Waals surface area contributed by atoms with Crippen molar-refractivity contribution in [3.05, 3.63) is 34.9 Å². The monoisotopic (exact) mass is 231 g/mol. The van der Waals surface area contributed by atoms with E-state index in [1.807, 2.05) is 0 Å². The number of benzene rings is 1. The summed E-state index contributed by atoms with van der Waals surface area (Å²) in [6.45, 7) is 9.07. The Morgan fingerprint density at radius 3 is 1.76 bits per heavy atom. The van der Waals surface area contributed by atoms with Crippen molar-refractivity contribution >= 4 is 0 Å². The highest BCUT2D eigenvalue weighted by molar-refractivity contribution is 5.31. The fourth-order valence-corrected chi connectivity index (χ4v) is 2.06. The van der Waals surface area contributed by atoms with E-state index in [0.717, 1.165) is 0 Å². The van der Waals surface area contributed by atoms with Gasteiger partial charge in [-0.15, -0.1) is 0 Å². The lowest BCUT2D eigenvalue weighted by Gasteiger charge is -2.11. The molecule has 0 saturated carbocycles. The molecule has 1 aromatic carbocycles. The maximum absolute atomic E-state index is 3.61. The average molecular weight is 231 g/mol. The molecule has 0 N–H and O–H groups in total. The third kappa shape index (κ3) is 4.93. The van der Waals surface area contributed by atoms with Gasteiger partial charge in [0.15, 0.2) is 0 Å². The molecule has 0 bridgehead atoms. The van der Waals surface area contributed by atoms with Crippen molar-refractivity contribution in [1.29, 1.82) is 0 Å². The van der Waals surface area contributed by atoms with Crippen LogP contribution in [0.5, 0.6) is 0 Å². The predicted octanol–water partition coefficient (Wildman–Crippen LogP) is 5.30. The van der Waals surface area contributed by atoms with Gasteiger partial charge < -0.3 is 0 Å². The molecule has 1 rings (SSSR count). The van der Waals surface area contributed by atoms with Crippen LogP contribution in [-0.4, -0.2) is 0 Å². The highest BCUT2D eigenvalue weighted by atomic mass is 14.1. The van der Waals surface area contributed by atoms with Gasteiger partial charge >= 0.3 is 0 Å². The quantitative estimate of drug-likeness (QED) is 0.597. The smallest absolute Gasteiger partial charge is 0.0114 e. The Bertz CT molecular complexity index is 297. The molecule has 0 nitrogen and oxygen atoms in total. The molecule has 0 aliphatic heterocycles. The average Bonchev–Trinajstić information content (AvgIpc) is 2.33. The standard InChI is InChI=1S/C17H27/c1-5-7-9-15-11-16(10-8-6-2)13-17(12-15)14(3)4/h12-14H,5-10H2,1-4H3. The normalized spacial score (nSPS) is 11.1. The molecule has 1 radical (unpaired) electrons. The van der Waals surface area contributed by atoms with Crippen LogP contribution in [0.1, 0.15) is 76.0 Å². The molecule has 0 fully saturated rings. The van der Waals surface area contributed by atoms with Gasteiger partial charge in [-0.05, 0) is 54.4 Å². The Kier molecular flexibility index (Phi) is 6.32. The fraction of sp³-hybridized carbons (Fsp3) is 0.647. The van der Waals surface area contributed by atoms with E-state index < -0.39 is 0 Å². The zero-order chi connectivity index (χ0) is 12.7. The summed E-state index contributed by atoms with van der Waals surface area (Å²) < 4.78 is 0. The summed E-state index contributed by atoms with van der Waals surface area (Å²) in [5.74, 6) is 0.630. The molecular weight excluding hydrogens is 204 g/mol. The van der Waals surface area contributed by atoms with Crippen LogP contribution in [0.4, 0.5) is 0 Å². The van der Waals surface area contributed by atoms with E-state index in [1.165, 1.54) is 55.2 Å². The van der Waals surface area contributed by atoms with E-state index in [4.69, 9.17) is 0 Å². The van der Waals surface area contributed by atoms with E-state index in [1.54, 1.807) is 0 Å². The second-order valence-corrected chi connectivity index (χ2v) is 5.33. The lowest BCUT2D eigenvalue weighted by Crippen LogP contribution is -1.96. The summed E-state index contributed by atoms with van der Waals surface area (Å²) in [7, 11) is 0. The van der Waals surface area contributed by atoms with E-state index in [0.29, 0.717) is 5.92 Å². The molecule has 0 saturated heterocycles. The van der Waals surface area contributed by atoms with Gasteiger partial charge in [-0.3, -0.25) is 0 Å². The van der Waals surface area contributed by atoms with Crippen LogP contribution in [0.25, 0.3) is 0 Å². The van der Waals surface area contributed by atoms with Crippen molar-refractivity contribution < 1.29 is 0 Å². The Hall–Kier alpha value is -0.780. The van der Waals surface area contributed by atoms with Crippen LogP contribution >= 0.6 is 0 Å². The van der Waals surface area contributed by atoms with E-state index in [2.05, 4.69) is 45.9 Å². The van der Waals surface area contributed by atoms with Gasteiger partial charge in [-0.2, -0.15) is 0 Å². The fourth-order valence-electron chi connectivity index (χ4n) is 2.06. The molecule has 0 atom stereocenters. The van der Waals surface area contributed by atoms with Gasteiger partial charge in [0, 0.05) is 0 Å². The molecule has 0 aliphatic rings. The molecule has 0 aliphatic carbocycles. The van der Waals surface area contributed by atoms with Crippen molar-refractivity contribution in [2.75, 3.05) is 0 Å². The molecule has 0 amide bonds. The molecule has 0 aromatic heterocycles. The summed E-state index contributed by atoms with van der Waals surface area (Å²) in [5, 5.41) is 0. The second kappa shape index (κ2) is 7.53. The van der Waals surface area contributed by atoms with E-state index >= 15 is 0 Å². The first-order chi connectivity index (χ1) is 8.17. The van der Waals surface area contributed by atoms with Crippen LogP contribution < -0.4 is 0 Å². The maximum Gasteiger partial charge on any atom is -0.0114 e. The molecular formula is C17H27. The molecule has 0 heteroatoms.